The van der Waals surface area contributed by atoms with Gasteiger partial charge in [-0.1, -0.05) is 30.3 Å². The van der Waals surface area contributed by atoms with Crippen molar-refractivity contribution in [2.75, 3.05) is 0 Å². The third-order valence-corrected chi connectivity index (χ3v) is 3.40. The summed E-state index contributed by atoms with van der Waals surface area (Å²) in [5.74, 6) is -1.83. The molecule has 7 heteroatoms. The predicted octanol–water partition coefficient (Wildman–Crippen LogP) is 2.14. The predicted molar refractivity (Wildman–Crippen MR) is 87.7 cm³/mol. The topological polar surface area (TPSA) is 94.5 Å². The summed E-state index contributed by atoms with van der Waals surface area (Å²) in [5.41, 5.74) is 1.48. The number of hydrogen-bond donors (Lipinski definition) is 3. The number of hydrazone groups is 1. The molecule has 120 valence electrons. The van der Waals surface area contributed by atoms with E-state index in [1.165, 1.54) is 18.2 Å². The van der Waals surface area contributed by atoms with Crippen molar-refractivity contribution in [3.63, 3.8) is 0 Å². The number of pyridine rings is 1. The molecule has 3 N–H and O–H groups in total. The normalized spacial score (nSPS) is 11.0. The highest BCUT2D eigenvalue weighted by Crippen LogP contribution is 2.24. The fourth-order valence-electron chi connectivity index (χ4n) is 2.23. The van der Waals surface area contributed by atoms with E-state index in [2.05, 4.69) is 15.5 Å². The molecule has 1 aromatic heterocycles. The number of amides is 1. The van der Waals surface area contributed by atoms with Crippen LogP contribution in [0.2, 0.25) is 0 Å². The first-order valence-corrected chi connectivity index (χ1v) is 7.00. The van der Waals surface area contributed by atoms with Gasteiger partial charge in [0.05, 0.1) is 11.7 Å². The molecule has 24 heavy (non-hydrogen) atoms. The zero-order valence-electron chi connectivity index (χ0n) is 12.3. The van der Waals surface area contributed by atoms with E-state index in [1.54, 1.807) is 30.3 Å². The van der Waals surface area contributed by atoms with Gasteiger partial charge in [-0.05, 0) is 18.2 Å². The smallest absolute Gasteiger partial charge is 0.280 e. The third kappa shape index (κ3) is 2.87. The van der Waals surface area contributed by atoms with E-state index in [9.17, 15) is 19.1 Å². The van der Waals surface area contributed by atoms with Crippen molar-refractivity contribution in [1.82, 2.24) is 10.4 Å². The molecule has 0 saturated heterocycles. The number of aromatic amines is 1. The Morgan fingerprint density at radius 1 is 1.17 bits per heavy atom. The summed E-state index contributed by atoms with van der Waals surface area (Å²) in [6, 6.07) is 12.4. The second-order valence-corrected chi connectivity index (χ2v) is 4.94. The lowest BCUT2D eigenvalue weighted by Gasteiger charge is -2.06. The van der Waals surface area contributed by atoms with Crippen molar-refractivity contribution < 1.29 is 14.3 Å². The molecular formula is C17H12FN3O3. The SMILES string of the molecule is O=C(NN=Cc1ccccc1F)c1c(O)c2ccccc2[nH]c1=O. The highest BCUT2D eigenvalue weighted by Gasteiger charge is 2.18. The first kappa shape index (κ1) is 15.4. The van der Waals surface area contributed by atoms with Gasteiger partial charge < -0.3 is 10.1 Å². The molecule has 0 saturated carbocycles. The van der Waals surface area contributed by atoms with Crippen molar-refractivity contribution in [3.05, 3.63) is 75.8 Å². The maximum Gasteiger partial charge on any atom is 0.280 e. The average molecular weight is 325 g/mol. The number of aromatic nitrogens is 1. The van der Waals surface area contributed by atoms with Crippen LogP contribution in [0.3, 0.4) is 0 Å². The molecule has 1 heterocycles. The fourth-order valence-corrected chi connectivity index (χ4v) is 2.23. The number of benzene rings is 2. The summed E-state index contributed by atoms with van der Waals surface area (Å²) in [5, 5.41) is 14.1. The van der Waals surface area contributed by atoms with Gasteiger partial charge in [0.15, 0.2) is 0 Å². The van der Waals surface area contributed by atoms with Gasteiger partial charge in [-0.15, -0.1) is 0 Å². The molecular weight excluding hydrogens is 313 g/mol. The zero-order valence-corrected chi connectivity index (χ0v) is 12.3. The molecule has 3 aromatic rings. The van der Waals surface area contributed by atoms with Gasteiger partial charge in [0.1, 0.15) is 17.1 Å². The zero-order chi connectivity index (χ0) is 17.1. The number of nitrogens with one attached hydrogen (secondary N) is 2. The van der Waals surface area contributed by atoms with Crippen LogP contribution in [-0.4, -0.2) is 22.2 Å². The van der Waals surface area contributed by atoms with Crippen molar-refractivity contribution in [2.45, 2.75) is 0 Å². The molecule has 0 aliphatic carbocycles. The summed E-state index contributed by atoms with van der Waals surface area (Å²) in [7, 11) is 0. The molecule has 3 rings (SSSR count). The van der Waals surface area contributed by atoms with E-state index in [4.69, 9.17) is 0 Å². The number of carbonyl (C=O) groups is 1. The molecule has 6 nitrogen and oxygen atoms in total. The number of H-pyrrole nitrogens is 1. The first-order valence-electron chi connectivity index (χ1n) is 7.00. The van der Waals surface area contributed by atoms with Crippen LogP contribution in [0.15, 0.2) is 58.4 Å². The minimum absolute atomic E-state index is 0.175. The first-order chi connectivity index (χ1) is 11.6. The Balaban J connectivity index is 1.89. The van der Waals surface area contributed by atoms with Crippen LogP contribution >= 0.6 is 0 Å². The van der Waals surface area contributed by atoms with Crippen LogP contribution in [0.5, 0.6) is 5.75 Å². The third-order valence-electron chi connectivity index (χ3n) is 3.40. The van der Waals surface area contributed by atoms with Gasteiger partial charge in [-0.3, -0.25) is 9.59 Å². The number of aromatic hydroxyl groups is 1. The van der Waals surface area contributed by atoms with Gasteiger partial charge in [0.2, 0.25) is 0 Å². The van der Waals surface area contributed by atoms with E-state index in [1.807, 2.05) is 0 Å². The van der Waals surface area contributed by atoms with Crippen molar-refractivity contribution >= 4 is 23.0 Å². The Kier molecular flexibility index (Phi) is 4.07. The Hall–Kier alpha value is -3.48. The van der Waals surface area contributed by atoms with Crippen molar-refractivity contribution in [2.24, 2.45) is 5.10 Å². The molecule has 0 spiro atoms. The van der Waals surface area contributed by atoms with Gasteiger partial charge in [0.25, 0.3) is 11.5 Å². The monoisotopic (exact) mass is 325 g/mol. The van der Waals surface area contributed by atoms with E-state index in [0.717, 1.165) is 6.21 Å². The minimum Gasteiger partial charge on any atom is -0.506 e. The Morgan fingerprint density at radius 2 is 1.88 bits per heavy atom. The van der Waals surface area contributed by atoms with E-state index in [-0.39, 0.29) is 5.56 Å². The number of carbonyl (C=O) groups excluding carboxylic acids is 1. The second kappa shape index (κ2) is 6.33. The molecule has 0 aliphatic heterocycles. The Morgan fingerprint density at radius 3 is 2.67 bits per heavy atom. The maximum atomic E-state index is 13.4. The lowest BCUT2D eigenvalue weighted by atomic mass is 10.1. The number of rotatable bonds is 3. The molecule has 0 fully saturated rings. The van der Waals surface area contributed by atoms with E-state index < -0.39 is 28.6 Å². The number of nitrogens with zero attached hydrogens (tertiary/aromatic N) is 1. The molecule has 0 atom stereocenters. The van der Waals surface area contributed by atoms with E-state index >= 15 is 0 Å². The van der Waals surface area contributed by atoms with Gasteiger partial charge in [-0.25, -0.2) is 9.82 Å². The van der Waals surface area contributed by atoms with Crippen LogP contribution in [0, 0.1) is 5.82 Å². The van der Waals surface area contributed by atoms with Crippen molar-refractivity contribution in [3.8, 4) is 5.75 Å². The minimum atomic E-state index is -0.896. The highest BCUT2D eigenvalue weighted by atomic mass is 19.1. The number of hydrogen-bond acceptors (Lipinski definition) is 4. The Bertz CT molecular complexity index is 1010. The fraction of sp³-hybridized carbons (Fsp3) is 0. The lowest BCUT2D eigenvalue weighted by Crippen LogP contribution is -2.26. The largest absolute Gasteiger partial charge is 0.506 e. The average Bonchev–Trinajstić information content (AvgIpc) is 2.56. The summed E-state index contributed by atoms with van der Waals surface area (Å²) < 4.78 is 13.4. The number of halogens is 1. The van der Waals surface area contributed by atoms with Crippen LogP contribution in [-0.2, 0) is 0 Å². The standard InChI is InChI=1S/C17H12FN3O3/c18-12-7-3-1-5-10(12)9-19-21-17(24)14-15(22)11-6-2-4-8-13(11)20-16(14)23/h1-9H,(H,21,24)(H2,20,22,23). The Labute approximate surface area is 135 Å². The van der Waals surface area contributed by atoms with E-state index in [0.29, 0.717) is 10.9 Å². The van der Waals surface area contributed by atoms with Crippen LogP contribution in [0.4, 0.5) is 4.39 Å². The summed E-state index contributed by atoms with van der Waals surface area (Å²) >= 11 is 0. The molecule has 0 radical (unpaired) electrons. The second-order valence-electron chi connectivity index (χ2n) is 4.94. The van der Waals surface area contributed by atoms with Crippen LogP contribution in [0.25, 0.3) is 10.9 Å². The molecule has 0 aliphatic rings. The molecule has 0 unspecified atom stereocenters. The van der Waals surface area contributed by atoms with Crippen LogP contribution in [0.1, 0.15) is 15.9 Å². The maximum absolute atomic E-state index is 13.4. The summed E-state index contributed by atoms with van der Waals surface area (Å²) in [4.78, 5) is 26.6. The molecule has 2 aromatic carbocycles. The lowest BCUT2D eigenvalue weighted by molar-refractivity contribution is 0.0951. The molecule has 1 amide bonds. The molecule has 0 bridgehead atoms. The van der Waals surface area contributed by atoms with Gasteiger partial charge in [0, 0.05) is 10.9 Å². The number of fused-ring (bicyclic) bond motifs is 1. The van der Waals surface area contributed by atoms with Gasteiger partial charge in [-0.2, -0.15) is 5.10 Å². The van der Waals surface area contributed by atoms with Gasteiger partial charge >= 0.3 is 0 Å². The number of para-hydroxylation sites is 1. The summed E-state index contributed by atoms with van der Waals surface area (Å²) in [6.45, 7) is 0. The quantitative estimate of drug-likeness (QED) is 0.508. The highest BCUT2D eigenvalue weighted by molar-refractivity contribution is 6.02. The van der Waals surface area contributed by atoms with Crippen molar-refractivity contribution in [1.29, 1.82) is 0 Å². The summed E-state index contributed by atoms with van der Waals surface area (Å²) in [6.07, 6.45) is 1.11. The van der Waals surface area contributed by atoms with Crippen LogP contribution < -0.4 is 11.0 Å².